The zero-order chi connectivity index (χ0) is 46.2. The zero-order valence-electron chi connectivity index (χ0n) is 36.6. The van der Waals surface area contributed by atoms with E-state index >= 15 is 8.78 Å². The van der Waals surface area contributed by atoms with Gasteiger partial charge < -0.3 is 29.7 Å². The highest BCUT2D eigenvalue weighted by atomic mass is 79.9. The first kappa shape index (κ1) is 46.4. The Kier molecular flexibility index (Phi) is 13.8. The number of nitrogens with zero attached hydrogens (tertiary/aromatic N) is 6. The SMILES string of the molecule is CCc1cc(Nc2ncc(Br)c(Nc3cnc4c(F)c(F)ccc4c3P(C)(C)=O)n2)c(OC)cc1N1CCC(N2CCN(CCc3cc(F)c(C4CCC(=O)NC4=O)c(F)c3)CC2)CC1. The van der Waals surface area contributed by atoms with E-state index in [2.05, 4.69) is 69.5 Å². The number of carbonyl (C=O) groups excluding carboxylic acids is 2. The lowest BCUT2D eigenvalue weighted by molar-refractivity contribution is -0.134. The first-order valence-corrected chi connectivity index (χ1v) is 25.1. The molecule has 0 bridgehead atoms. The Labute approximate surface area is 383 Å². The third kappa shape index (κ3) is 10.0. The molecule has 2 aromatic heterocycles. The van der Waals surface area contributed by atoms with Crippen LogP contribution >= 0.6 is 23.1 Å². The van der Waals surface area contributed by atoms with Gasteiger partial charge in [0.15, 0.2) is 11.6 Å². The Hall–Kier alpha value is -5.16. The molecule has 3 aliphatic rings. The van der Waals surface area contributed by atoms with E-state index in [-0.39, 0.29) is 35.3 Å². The standard InChI is InChI=1S/C46H51BrF4N9O4P/c1-5-27-22-35(55-46-53-24-31(47)44(57-46)54-36-25-52-42-30(43(36)65(3,4)63)6-8-32(48)41(42)51)38(64-2)23-37(27)60-14-11-28(12-15-60)59-18-16-58(17-19-59)13-10-26-20-33(49)40(34(50)21-26)29-7-9-39(61)56-45(29)62/h6,8,20-25,28-29H,5,7,9-19H2,1-4H3,(H,56,61,62)(H2,53,54,55,57). The fourth-order valence-corrected chi connectivity index (χ4v) is 11.0. The molecule has 0 saturated carbocycles. The first-order chi connectivity index (χ1) is 31.1. The molecular formula is C46H51BrF4N9O4P. The second kappa shape index (κ2) is 19.4. The van der Waals surface area contributed by atoms with Crippen molar-refractivity contribution >= 4 is 79.9 Å². The van der Waals surface area contributed by atoms with Crippen molar-refractivity contribution in [3.63, 3.8) is 0 Å². The number of benzene rings is 3. The van der Waals surface area contributed by atoms with Crippen molar-refractivity contribution in [1.29, 1.82) is 0 Å². The van der Waals surface area contributed by atoms with Crippen LogP contribution < -0.4 is 30.9 Å². The smallest absolute Gasteiger partial charge is 0.234 e. The van der Waals surface area contributed by atoms with Crippen LogP contribution in [0.1, 0.15) is 55.2 Å². The quantitative estimate of drug-likeness (QED) is 0.0598. The number of fused-ring (bicyclic) bond motifs is 1. The maximum Gasteiger partial charge on any atom is 0.234 e. The summed E-state index contributed by atoms with van der Waals surface area (Å²) in [6, 6.07) is 9.56. The maximum atomic E-state index is 15.1. The molecule has 0 radical (unpaired) electrons. The molecule has 1 atom stereocenters. The van der Waals surface area contributed by atoms with Crippen LogP contribution in [0.2, 0.25) is 0 Å². The fourth-order valence-electron chi connectivity index (χ4n) is 9.28. The number of aromatic nitrogens is 3. The van der Waals surface area contributed by atoms with Gasteiger partial charge in [0.25, 0.3) is 0 Å². The second-order valence-corrected chi connectivity index (χ2v) is 21.1. The Morgan fingerprint density at radius 2 is 1.62 bits per heavy atom. The van der Waals surface area contributed by atoms with Gasteiger partial charge in [0.05, 0.1) is 35.1 Å². The van der Waals surface area contributed by atoms with Crippen LogP contribution in [-0.2, 0) is 27.0 Å². The monoisotopic (exact) mass is 979 g/mol. The first-order valence-electron chi connectivity index (χ1n) is 21.7. The molecule has 13 nitrogen and oxygen atoms in total. The number of pyridine rings is 1. The molecule has 5 heterocycles. The van der Waals surface area contributed by atoms with Gasteiger partial charge in [-0.05, 0) is 103 Å². The minimum absolute atomic E-state index is 0.0528. The summed E-state index contributed by atoms with van der Waals surface area (Å²) in [7, 11) is -1.43. The number of carbonyl (C=O) groups is 2. The van der Waals surface area contributed by atoms with Gasteiger partial charge in [0.2, 0.25) is 17.8 Å². The molecule has 3 saturated heterocycles. The van der Waals surface area contributed by atoms with Crippen LogP contribution in [-0.4, -0.2) is 109 Å². The summed E-state index contributed by atoms with van der Waals surface area (Å²) in [5.41, 5.74) is 3.31. The molecule has 3 N–H and O–H groups in total. The van der Waals surface area contributed by atoms with Crippen molar-refractivity contribution in [2.45, 2.75) is 57.4 Å². The van der Waals surface area contributed by atoms with Crippen molar-refractivity contribution in [3.05, 3.63) is 93.2 Å². The van der Waals surface area contributed by atoms with Gasteiger partial charge in [-0.15, -0.1) is 0 Å². The number of piperidine rings is 2. The molecule has 19 heteroatoms. The highest BCUT2D eigenvalue weighted by Gasteiger charge is 2.33. The minimum Gasteiger partial charge on any atom is -0.494 e. The van der Waals surface area contributed by atoms with E-state index in [1.807, 2.05) is 6.07 Å². The fraction of sp³-hybridized carbons (Fsp3) is 0.413. The number of imide groups is 1. The van der Waals surface area contributed by atoms with Gasteiger partial charge in [-0.2, -0.15) is 4.98 Å². The summed E-state index contributed by atoms with van der Waals surface area (Å²) < 4.78 is 78.9. The van der Waals surface area contributed by atoms with Crippen molar-refractivity contribution < 1.29 is 36.5 Å². The number of rotatable bonds is 13. The molecule has 344 valence electrons. The van der Waals surface area contributed by atoms with Crippen molar-refractivity contribution in [1.82, 2.24) is 30.1 Å². The van der Waals surface area contributed by atoms with Crippen molar-refractivity contribution in [3.8, 4) is 5.75 Å². The second-order valence-electron chi connectivity index (χ2n) is 17.1. The molecule has 3 fully saturated rings. The molecule has 3 aromatic carbocycles. The Bertz CT molecular complexity index is 2670. The van der Waals surface area contributed by atoms with Crippen LogP contribution in [0.25, 0.3) is 10.9 Å². The Balaban J connectivity index is 0.877. The van der Waals surface area contributed by atoms with E-state index in [0.29, 0.717) is 57.3 Å². The molecular weight excluding hydrogens is 929 g/mol. The highest BCUT2D eigenvalue weighted by Crippen LogP contribution is 2.43. The summed E-state index contributed by atoms with van der Waals surface area (Å²) in [5.74, 6) is -4.53. The lowest BCUT2D eigenvalue weighted by atomic mass is 9.89. The van der Waals surface area contributed by atoms with E-state index < -0.39 is 48.1 Å². The molecule has 2 amide bonds. The summed E-state index contributed by atoms with van der Waals surface area (Å²) >= 11 is 3.50. The van der Waals surface area contributed by atoms with E-state index in [0.717, 1.165) is 75.8 Å². The van der Waals surface area contributed by atoms with Gasteiger partial charge in [-0.3, -0.25) is 24.8 Å². The Morgan fingerprint density at radius 3 is 2.28 bits per heavy atom. The number of ether oxygens (including phenoxy) is 1. The summed E-state index contributed by atoms with van der Waals surface area (Å²) in [5, 5.41) is 9.24. The van der Waals surface area contributed by atoms with Crippen molar-refractivity contribution in [2.75, 3.05) is 81.8 Å². The number of anilines is 5. The number of hydrogen-bond donors (Lipinski definition) is 3. The molecule has 0 spiro atoms. The summed E-state index contributed by atoms with van der Waals surface area (Å²) in [6.07, 6.45) is 6.29. The molecule has 3 aliphatic heterocycles. The highest BCUT2D eigenvalue weighted by molar-refractivity contribution is 9.10. The van der Waals surface area contributed by atoms with Gasteiger partial charge in [-0.25, -0.2) is 22.5 Å². The maximum absolute atomic E-state index is 15.1. The molecule has 65 heavy (non-hydrogen) atoms. The van der Waals surface area contributed by atoms with Gasteiger partial charge >= 0.3 is 0 Å². The van der Waals surface area contributed by atoms with Gasteiger partial charge in [0.1, 0.15) is 35.9 Å². The number of hydrogen-bond acceptors (Lipinski definition) is 12. The third-order valence-corrected chi connectivity index (χ3v) is 14.8. The van der Waals surface area contributed by atoms with Crippen LogP contribution in [0.5, 0.6) is 5.75 Å². The number of nitrogens with one attached hydrogen (secondary N) is 3. The molecule has 0 aliphatic carbocycles. The normalized spacial score (nSPS) is 18.0. The minimum atomic E-state index is -3.05. The zero-order valence-corrected chi connectivity index (χ0v) is 39.1. The largest absolute Gasteiger partial charge is 0.494 e. The number of halogens is 5. The van der Waals surface area contributed by atoms with E-state index in [1.165, 1.54) is 24.4 Å². The van der Waals surface area contributed by atoms with E-state index in [4.69, 9.17) is 9.72 Å². The predicted molar refractivity (Wildman–Crippen MR) is 248 cm³/mol. The van der Waals surface area contributed by atoms with Gasteiger partial charge in [-0.1, -0.05) is 6.92 Å². The van der Waals surface area contributed by atoms with Crippen LogP contribution in [0, 0.1) is 23.3 Å². The Morgan fingerprint density at radius 1 is 0.892 bits per heavy atom. The van der Waals surface area contributed by atoms with Crippen LogP contribution in [0.3, 0.4) is 0 Å². The van der Waals surface area contributed by atoms with E-state index in [1.54, 1.807) is 26.6 Å². The van der Waals surface area contributed by atoms with Crippen LogP contribution in [0.4, 0.5) is 46.4 Å². The van der Waals surface area contributed by atoms with E-state index in [9.17, 15) is 22.9 Å². The number of amides is 2. The third-order valence-electron chi connectivity index (χ3n) is 12.6. The lowest BCUT2D eigenvalue weighted by Gasteiger charge is -2.43. The number of piperazine rings is 1. The molecule has 5 aromatic rings. The number of aryl methyl sites for hydroxylation is 1. The lowest BCUT2D eigenvalue weighted by Crippen LogP contribution is -2.53. The van der Waals surface area contributed by atoms with Crippen LogP contribution in [0.15, 0.2) is 53.3 Å². The molecule has 1 unspecified atom stereocenters. The summed E-state index contributed by atoms with van der Waals surface area (Å²) in [6.45, 7) is 11.2. The average Bonchev–Trinajstić information content (AvgIpc) is 3.28. The molecule has 8 rings (SSSR count). The van der Waals surface area contributed by atoms with Gasteiger partial charge in [0, 0.05) is 92.5 Å². The predicted octanol–water partition coefficient (Wildman–Crippen LogP) is 8.00. The average molecular weight is 981 g/mol. The summed E-state index contributed by atoms with van der Waals surface area (Å²) in [4.78, 5) is 44.4. The van der Waals surface area contributed by atoms with Crippen molar-refractivity contribution in [2.24, 2.45) is 0 Å². The topological polar surface area (TPSA) is 145 Å². The number of methoxy groups -OCH3 is 1.